The van der Waals surface area contributed by atoms with Crippen LogP contribution in [0.25, 0.3) is 0 Å². The fourth-order valence-electron chi connectivity index (χ4n) is 3.71. The second-order valence-electron chi connectivity index (χ2n) is 7.02. The minimum Gasteiger partial charge on any atom is -0.459 e. The number of hydrogen-bond donors (Lipinski definition) is 2. The molecule has 2 aromatic carbocycles. The van der Waals surface area contributed by atoms with Gasteiger partial charge in [0.05, 0.1) is 18.3 Å². The highest BCUT2D eigenvalue weighted by atomic mass is 35.5. The number of rotatable bonds is 4. The molecule has 0 spiro atoms. The number of carbonyl (C=O) groups excluding carboxylic acids is 1. The molecule has 2 atom stereocenters. The topological polar surface area (TPSA) is 85.0 Å². The normalized spacial score (nSPS) is 17.8. The first kappa shape index (κ1) is 18.4. The monoisotopic (exact) mass is 419 g/mol. The van der Waals surface area contributed by atoms with Crippen LogP contribution in [-0.4, -0.2) is 20.7 Å². The number of benzene rings is 2. The summed E-state index contributed by atoms with van der Waals surface area (Å²) in [5, 5.41) is 11.3. The molecule has 0 bridgehead atoms. The van der Waals surface area contributed by atoms with Gasteiger partial charge in [0.2, 0.25) is 5.95 Å². The zero-order chi connectivity index (χ0) is 20.5. The number of halogens is 1. The van der Waals surface area contributed by atoms with E-state index in [1.165, 1.54) is 6.26 Å². The van der Waals surface area contributed by atoms with E-state index in [9.17, 15) is 4.79 Å². The molecular weight excluding hydrogens is 402 g/mol. The van der Waals surface area contributed by atoms with Gasteiger partial charge in [-0.05, 0) is 35.7 Å². The van der Waals surface area contributed by atoms with Crippen LogP contribution < -0.4 is 10.6 Å². The molecule has 0 saturated carbocycles. The Morgan fingerprint density at radius 3 is 2.67 bits per heavy atom. The molecule has 2 aromatic heterocycles. The first-order valence-corrected chi connectivity index (χ1v) is 9.94. The van der Waals surface area contributed by atoms with Gasteiger partial charge in [-0.25, -0.2) is 4.68 Å². The number of carbonyl (C=O) groups is 1. The molecule has 5 rings (SSSR count). The molecule has 7 nitrogen and oxygen atoms in total. The molecule has 0 saturated heterocycles. The average Bonchev–Trinajstić information content (AvgIpc) is 3.44. The third-order valence-electron chi connectivity index (χ3n) is 5.13. The molecule has 30 heavy (non-hydrogen) atoms. The maximum atomic E-state index is 12.3. The SMILES string of the molecule is O=C(Nc1nc2n(n1)[C@@H](c1ccccc1Cl)C[C@@H](c1ccccc1)N2)c1ccco1. The highest BCUT2D eigenvalue weighted by Gasteiger charge is 2.32. The molecule has 1 aliphatic rings. The largest absolute Gasteiger partial charge is 0.459 e. The number of nitrogens with one attached hydrogen (secondary N) is 2. The van der Waals surface area contributed by atoms with Gasteiger partial charge in [0.1, 0.15) is 0 Å². The van der Waals surface area contributed by atoms with E-state index in [4.69, 9.17) is 16.0 Å². The standard InChI is InChI=1S/C22H18ClN5O2/c23-16-10-5-4-9-15(16)18-13-17(14-7-2-1-3-8-14)24-22-26-21(27-28(18)22)25-20(29)19-11-6-12-30-19/h1-12,17-18H,13H2,(H2,24,25,26,27,29)/t17-,18+/m0/s1. The fourth-order valence-corrected chi connectivity index (χ4v) is 3.97. The summed E-state index contributed by atoms with van der Waals surface area (Å²) >= 11 is 6.51. The summed E-state index contributed by atoms with van der Waals surface area (Å²) in [7, 11) is 0. The van der Waals surface area contributed by atoms with Gasteiger partial charge in [-0.3, -0.25) is 10.1 Å². The van der Waals surface area contributed by atoms with Gasteiger partial charge in [-0.2, -0.15) is 4.98 Å². The zero-order valence-electron chi connectivity index (χ0n) is 15.8. The van der Waals surface area contributed by atoms with Crippen LogP contribution in [0.1, 0.15) is 40.2 Å². The Kier molecular flexibility index (Phi) is 4.72. The smallest absolute Gasteiger partial charge is 0.293 e. The molecule has 1 aliphatic heterocycles. The lowest BCUT2D eigenvalue weighted by atomic mass is 9.93. The van der Waals surface area contributed by atoms with E-state index in [0.717, 1.165) is 17.5 Å². The van der Waals surface area contributed by atoms with Crippen molar-refractivity contribution < 1.29 is 9.21 Å². The van der Waals surface area contributed by atoms with Crippen molar-refractivity contribution in [1.29, 1.82) is 0 Å². The summed E-state index contributed by atoms with van der Waals surface area (Å²) in [6.07, 6.45) is 2.18. The number of amides is 1. The van der Waals surface area contributed by atoms with Crippen molar-refractivity contribution in [1.82, 2.24) is 14.8 Å². The maximum absolute atomic E-state index is 12.3. The highest BCUT2D eigenvalue weighted by Crippen LogP contribution is 2.40. The van der Waals surface area contributed by atoms with Crippen LogP contribution in [-0.2, 0) is 0 Å². The predicted molar refractivity (Wildman–Crippen MR) is 114 cm³/mol. The quantitative estimate of drug-likeness (QED) is 0.490. The van der Waals surface area contributed by atoms with Crippen LogP contribution >= 0.6 is 11.6 Å². The lowest BCUT2D eigenvalue weighted by molar-refractivity contribution is 0.0995. The van der Waals surface area contributed by atoms with E-state index < -0.39 is 5.91 Å². The molecule has 3 heterocycles. The number of hydrogen-bond acceptors (Lipinski definition) is 5. The lowest BCUT2D eigenvalue weighted by Gasteiger charge is -2.32. The van der Waals surface area contributed by atoms with Crippen molar-refractivity contribution in [2.75, 3.05) is 10.6 Å². The Hall–Kier alpha value is -3.58. The molecule has 4 aromatic rings. The summed E-state index contributed by atoms with van der Waals surface area (Å²) < 4.78 is 6.92. The minimum absolute atomic E-state index is 0.0257. The molecule has 0 aliphatic carbocycles. The fraction of sp³-hybridized carbons (Fsp3) is 0.136. The molecule has 0 radical (unpaired) electrons. The average molecular weight is 420 g/mol. The van der Waals surface area contributed by atoms with E-state index in [1.807, 2.05) is 42.5 Å². The number of furan rings is 1. The molecule has 0 unspecified atom stereocenters. The summed E-state index contributed by atoms with van der Waals surface area (Å²) in [4.78, 5) is 16.8. The minimum atomic E-state index is -0.406. The van der Waals surface area contributed by atoms with Crippen LogP contribution in [0.2, 0.25) is 5.02 Å². The summed E-state index contributed by atoms with van der Waals surface area (Å²) in [6.45, 7) is 0. The van der Waals surface area contributed by atoms with Crippen molar-refractivity contribution in [3.05, 3.63) is 94.9 Å². The van der Waals surface area contributed by atoms with Gasteiger partial charge in [-0.1, -0.05) is 60.1 Å². The second kappa shape index (κ2) is 7.68. The van der Waals surface area contributed by atoms with Crippen molar-refractivity contribution in [3.8, 4) is 0 Å². The number of nitrogens with zero attached hydrogens (tertiary/aromatic N) is 3. The Bertz CT molecular complexity index is 1170. The zero-order valence-corrected chi connectivity index (χ0v) is 16.6. The third kappa shape index (κ3) is 3.44. The number of aromatic nitrogens is 3. The predicted octanol–water partition coefficient (Wildman–Crippen LogP) is 4.92. The number of anilines is 2. The van der Waals surface area contributed by atoms with Crippen molar-refractivity contribution in [2.24, 2.45) is 0 Å². The van der Waals surface area contributed by atoms with E-state index in [1.54, 1.807) is 16.8 Å². The van der Waals surface area contributed by atoms with Crippen LogP contribution in [0.4, 0.5) is 11.9 Å². The third-order valence-corrected chi connectivity index (χ3v) is 5.47. The first-order valence-electron chi connectivity index (χ1n) is 9.56. The molecule has 1 amide bonds. The molecule has 2 N–H and O–H groups in total. The molecule has 8 heteroatoms. The highest BCUT2D eigenvalue weighted by molar-refractivity contribution is 6.31. The Balaban J connectivity index is 1.52. The van der Waals surface area contributed by atoms with Crippen LogP contribution in [0.15, 0.2) is 77.4 Å². The van der Waals surface area contributed by atoms with Gasteiger partial charge in [0, 0.05) is 5.02 Å². The van der Waals surface area contributed by atoms with Crippen molar-refractivity contribution >= 4 is 29.4 Å². The molecule has 150 valence electrons. The van der Waals surface area contributed by atoms with Crippen LogP contribution in [0.3, 0.4) is 0 Å². The van der Waals surface area contributed by atoms with Gasteiger partial charge >= 0.3 is 0 Å². The number of fused-ring (bicyclic) bond motifs is 1. The lowest BCUT2D eigenvalue weighted by Crippen LogP contribution is -2.28. The summed E-state index contributed by atoms with van der Waals surface area (Å²) in [5.41, 5.74) is 2.10. The molecular formula is C22H18ClN5O2. The summed E-state index contributed by atoms with van der Waals surface area (Å²) in [6, 6.07) is 21.0. The summed E-state index contributed by atoms with van der Waals surface area (Å²) in [5.74, 6) is 0.553. The van der Waals surface area contributed by atoms with Crippen molar-refractivity contribution in [2.45, 2.75) is 18.5 Å². The van der Waals surface area contributed by atoms with Gasteiger partial charge in [-0.15, -0.1) is 5.10 Å². The van der Waals surface area contributed by atoms with Crippen LogP contribution in [0, 0.1) is 0 Å². The second-order valence-corrected chi connectivity index (χ2v) is 7.42. The van der Waals surface area contributed by atoms with Gasteiger partial charge < -0.3 is 9.73 Å². The molecule has 0 fully saturated rings. The Morgan fingerprint density at radius 1 is 1.10 bits per heavy atom. The maximum Gasteiger partial charge on any atom is 0.293 e. The van der Waals surface area contributed by atoms with Gasteiger partial charge in [0.15, 0.2) is 5.76 Å². The van der Waals surface area contributed by atoms with E-state index in [0.29, 0.717) is 11.0 Å². The Morgan fingerprint density at radius 2 is 1.90 bits per heavy atom. The first-order chi connectivity index (χ1) is 14.7. The Labute approximate surface area is 177 Å². The van der Waals surface area contributed by atoms with Crippen LogP contribution in [0.5, 0.6) is 0 Å². The van der Waals surface area contributed by atoms with E-state index in [-0.39, 0.29) is 23.8 Å². The van der Waals surface area contributed by atoms with E-state index in [2.05, 4.69) is 32.8 Å². The van der Waals surface area contributed by atoms with E-state index >= 15 is 0 Å². The van der Waals surface area contributed by atoms with Gasteiger partial charge in [0.25, 0.3) is 11.9 Å². The van der Waals surface area contributed by atoms with Crippen molar-refractivity contribution in [3.63, 3.8) is 0 Å².